The highest BCUT2D eigenvalue weighted by Crippen LogP contribution is 2.23. The number of carbonyl (C=O) groups is 2. The molecule has 2 heterocycles. The number of anilines is 2. The van der Waals surface area contributed by atoms with Crippen molar-refractivity contribution < 1.29 is 9.59 Å². The minimum absolute atomic E-state index is 0.109. The summed E-state index contributed by atoms with van der Waals surface area (Å²) in [7, 11) is 0. The predicted molar refractivity (Wildman–Crippen MR) is 126 cm³/mol. The maximum Gasteiger partial charge on any atom is 0.268 e. The van der Waals surface area contributed by atoms with Crippen LogP contribution in [0.15, 0.2) is 54.6 Å². The summed E-state index contributed by atoms with van der Waals surface area (Å²) >= 11 is 0. The van der Waals surface area contributed by atoms with Crippen molar-refractivity contribution in [2.75, 3.05) is 23.3 Å². The Bertz CT molecular complexity index is 1080. The number of aryl methyl sites for hydroxylation is 1. The molecule has 0 spiro atoms. The molecule has 2 amide bonds. The third-order valence-electron chi connectivity index (χ3n) is 5.83. The van der Waals surface area contributed by atoms with Crippen molar-refractivity contribution in [1.29, 1.82) is 0 Å². The van der Waals surface area contributed by atoms with Crippen molar-refractivity contribution >= 4 is 34.1 Å². The van der Waals surface area contributed by atoms with E-state index in [0.717, 1.165) is 35.4 Å². The van der Waals surface area contributed by atoms with Crippen LogP contribution in [0.5, 0.6) is 0 Å². The number of aromatic nitrogens is 1. The van der Waals surface area contributed by atoms with Crippen LogP contribution in [0.3, 0.4) is 0 Å². The molecule has 162 valence electrons. The molecule has 1 aliphatic heterocycles. The molecular weight excluding hydrogens is 388 g/mol. The van der Waals surface area contributed by atoms with Crippen LogP contribution in [-0.4, -0.2) is 35.5 Å². The molecule has 1 atom stereocenters. The van der Waals surface area contributed by atoms with E-state index < -0.39 is 0 Å². The molecule has 1 unspecified atom stereocenters. The van der Waals surface area contributed by atoms with E-state index in [1.54, 1.807) is 0 Å². The smallest absolute Gasteiger partial charge is 0.268 e. The minimum atomic E-state index is -0.280. The Hall–Kier alpha value is -3.28. The molecule has 2 aromatic carbocycles. The third-order valence-corrected chi connectivity index (χ3v) is 5.83. The first-order valence-electron chi connectivity index (χ1n) is 11.1. The molecule has 6 nitrogen and oxygen atoms in total. The van der Waals surface area contributed by atoms with Crippen LogP contribution in [0.2, 0.25) is 0 Å². The van der Waals surface area contributed by atoms with Gasteiger partial charge in [-0.1, -0.05) is 24.3 Å². The van der Waals surface area contributed by atoms with Gasteiger partial charge in [0, 0.05) is 54.4 Å². The summed E-state index contributed by atoms with van der Waals surface area (Å²) in [5, 5.41) is 6.99. The van der Waals surface area contributed by atoms with Gasteiger partial charge in [-0.15, -0.1) is 0 Å². The van der Waals surface area contributed by atoms with Crippen molar-refractivity contribution in [2.45, 2.75) is 45.7 Å². The van der Waals surface area contributed by atoms with Gasteiger partial charge in [0.25, 0.3) is 5.91 Å². The SMILES string of the molecule is CCn1c(C(=O)NC(C)CC(=O)Nc2cccc(N3CCCC3)c2)cc2ccccc21. The summed E-state index contributed by atoms with van der Waals surface area (Å²) in [5.41, 5.74) is 3.59. The number of nitrogens with zero attached hydrogens (tertiary/aromatic N) is 2. The fourth-order valence-corrected chi connectivity index (χ4v) is 4.33. The molecule has 0 radical (unpaired) electrons. The zero-order valence-corrected chi connectivity index (χ0v) is 18.2. The highest BCUT2D eigenvalue weighted by atomic mass is 16.2. The molecule has 4 rings (SSSR count). The van der Waals surface area contributed by atoms with E-state index in [0.29, 0.717) is 12.2 Å². The lowest BCUT2D eigenvalue weighted by Crippen LogP contribution is -2.36. The lowest BCUT2D eigenvalue weighted by molar-refractivity contribution is -0.116. The van der Waals surface area contributed by atoms with Gasteiger partial charge < -0.3 is 20.1 Å². The summed E-state index contributed by atoms with van der Waals surface area (Å²) < 4.78 is 2.00. The lowest BCUT2D eigenvalue weighted by Gasteiger charge is -2.19. The number of nitrogens with one attached hydrogen (secondary N) is 2. The molecule has 6 heteroatoms. The van der Waals surface area contributed by atoms with Crippen molar-refractivity contribution in [2.24, 2.45) is 0 Å². The Labute approximate surface area is 183 Å². The molecule has 1 saturated heterocycles. The largest absolute Gasteiger partial charge is 0.371 e. The lowest BCUT2D eigenvalue weighted by atomic mass is 10.2. The monoisotopic (exact) mass is 418 g/mol. The molecule has 1 aliphatic rings. The fraction of sp³-hybridized carbons (Fsp3) is 0.360. The first-order chi connectivity index (χ1) is 15.0. The zero-order valence-electron chi connectivity index (χ0n) is 18.2. The van der Waals surface area contributed by atoms with Gasteiger partial charge in [0.15, 0.2) is 0 Å². The maximum atomic E-state index is 12.9. The summed E-state index contributed by atoms with van der Waals surface area (Å²) in [6, 6.07) is 17.6. The fourth-order valence-electron chi connectivity index (χ4n) is 4.33. The van der Waals surface area contributed by atoms with Crippen molar-refractivity contribution in [3.8, 4) is 0 Å². The number of rotatable bonds is 7. The van der Waals surface area contributed by atoms with Gasteiger partial charge in [-0.25, -0.2) is 0 Å². The quantitative estimate of drug-likeness (QED) is 0.597. The average molecular weight is 419 g/mol. The second-order valence-electron chi connectivity index (χ2n) is 8.20. The zero-order chi connectivity index (χ0) is 21.8. The molecule has 3 aromatic rings. The van der Waals surface area contributed by atoms with Crippen LogP contribution in [0.25, 0.3) is 10.9 Å². The summed E-state index contributed by atoms with van der Waals surface area (Å²) in [6.07, 6.45) is 2.64. The van der Waals surface area contributed by atoms with Gasteiger partial charge >= 0.3 is 0 Å². The van der Waals surface area contributed by atoms with E-state index in [1.807, 2.05) is 66.9 Å². The number of benzene rings is 2. The average Bonchev–Trinajstić information content (AvgIpc) is 3.41. The molecule has 0 saturated carbocycles. The number of para-hydroxylation sites is 1. The molecule has 0 aliphatic carbocycles. The Kier molecular flexibility index (Phi) is 6.26. The van der Waals surface area contributed by atoms with Gasteiger partial charge in [0.1, 0.15) is 5.69 Å². The molecule has 31 heavy (non-hydrogen) atoms. The summed E-state index contributed by atoms with van der Waals surface area (Å²) in [6.45, 7) is 6.72. The number of fused-ring (bicyclic) bond motifs is 1. The Morgan fingerprint density at radius 3 is 2.58 bits per heavy atom. The van der Waals surface area contributed by atoms with Crippen LogP contribution in [0.1, 0.15) is 43.6 Å². The van der Waals surface area contributed by atoms with Crippen LogP contribution < -0.4 is 15.5 Å². The molecule has 1 aromatic heterocycles. The van der Waals surface area contributed by atoms with Gasteiger partial charge in [-0.05, 0) is 57.0 Å². The predicted octanol–water partition coefficient (Wildman–Crippen LogP) is 4.41. The highest BCUT2D eigenvalue weighted by molar-refractivity contribution is 5.99. The highest BCUT2D eigenvalue weighted by Gasteiger charge is 2.18. The van der Waals surface area contributed by atoms with E-state index in [1.165, 1.54) is 12.8 Å². The molecule has 1 fully saturated rings. The first kappa shape index (κ1) is 21.0. The first-order valence-corrected chi connectivity index (χ1v) is 11.1. The van der Waals surface area contributed by atoms with Crippen molar-refractivity contribution in [3.63, 3.8) is 0 Å². The number of hydrogen-bond donors (Lipinski definition) is 2. The van der Waals surface area contributed by atoms with E-state index in [4.69, 9.17) is 0 Å². The van der Waals surface area contributed by atoms with Gasteiger partial charge in [-0.3, -0.25) is 9.59 Å². The van der Waals surface area contributed by atoms with Gasteiger partial charge in [0.05, 0.1) is 0 Å². The topological polar surface area (TPSA) is 66.4 Å². The van der Waals surface area contributed by atoms with E-state index in [-0.39, 0.29) is 24.3 Å². The van der Waals surface area contributed by atoms with Gasteiger partial charge in [-0.2, -0.15) is 0 Å². The summed E-state index contributed by atoms with van der Waals surface area (Å²) in [5.74, 6) is -0.267. The molecular formula is C25H30N4O2. The Morgan fingerprint density at radius 1 is 1.03 bits per heavy atom. The van der Waals surface area contributed by atoms with Crippen LogP contribution in [0, 0.1) is 0 Å². The van der Waals surface area contributed by atoms with Crippen molar-refractivity contribution in [1.82, 2.24) is 9.88 Å². The second-order valence-corrected chi connectivity index (χ2v) is 8.20. The standard InChI is InChI=1S/C25H30N4O2/c1-3-29-22-12-5-4-9-19(22)16-23(29)25(31)26-18(2)15-24(30)27-20-10-8-11-21(17-20)28-13-6-7-14-28/h4-5,8-12,16-18H,3,6-7,13-15H2,1-2H3,(H,26,31)(H,27,30). The van der Waals surface area contributed by atoms with Gasteiger partial charge in [0.2, 0.25) is 5.91 Å². The third kappa shape index (κ3) is 4.74. The normalized spacial score (nSPS) is 14.6. The second kappa shape index (κ2) is 9.25. The minimum Gasteiger partial charge on any atom is -0.371 e. The molecule has 2 N–H and O–H groups in total. The maximum absolute atomic E-state index is 12.9. The van der Waals surface area contributed by atoms with Crippen molar-refractivity contribution in [3.05, 3.63) is 60.3 Å². The molecule has 0 bridgehead atoms. The summed E-state index contributed by atoms with van der Waals surface area (Å²) in [4.78, 5) is 27.8. The number of amides is 2. The van der Waals surface area contributed by atoms with E-state index in [2.05, 4.69) is 21.6 Å². The number of carbonyl (C=O) groups excluding carboxylic acids is 2. The van der Waals surface area contributed by atoms with E-state index in [9.17, 15) is 9.59 Å². The Morgan fingerprint density at radius 2 is 1.81 bits per heavy atom. The van der Waals surface area contributed by atoms with Crippen LogP contribution >= 0.6 is 0 Å². The van der Waals surface area contributed by atoms with E-state index >= 15 is 0 Å². The Balaban J connectivity index is 1.36. The van der Waals surface area contributed by atoms with Crippen LogP contribution in [-0.2, 0) is 11.3 Å². The van der Waals surface area contributed by atoms with Crippen LogP contribution in [0.4, 0.5) is 11.4 Å². The number of hydrogen-bond acceptors (Lipinski definition) is 3.